The lowest BCUT2D eigenvalue weighted by atomic mass is 10.2. The molecule has 120 valence electrons. The molecule has 0 unspecified atom stereocenters. The van der Waals surface area contributed by atoms with Crippen LogP contribution in [0.1, 0.15) is 16.1 Å². The molecule has 1 amide bonds. The largest absolute Gasteiger partial charge is 0.378 e. The van der Waals surface area contributed by atoms with Crippen molar-refractivity contribution in [3.63, 3.8) is 0 Å². The van der Waals surface area contributed by atoms with Crippen molar-refractivity contribution in [3.05, 3.63) is 52.3 Å². The van der Waals surface area contributed by atoms with Gasteiger partial charge in [-0.05, 0) is 11.6 Å². The zero-order valence-corrected chi connectivity index (χ0v) is 12.5. The zero-order valence-electron chi connectivity index (χ0n) is 12.5. The molecule has 3 heterocycles. The third kappa shape index (κ3) is 3.92. The van der Waals surface area contributed by atoms with Crippen molar-refractivity contribution in [2.24, 2.45) is 0 Å². The molecule has 2 N–H and O–H groups in total. The first kappa shape index (κ1) is 15.2. The molecule has 0 saturated carbocycles. The number of nitrogens with zero attached hydrogens (tertiary/aromatic N) is 3. The maximum Gasteiger partial charge on any atom is 0.270 e. The van der Waals surface area contributed by atoms with Gasteiger partial charge in [-0.25, -0.2) is 9.97 Å². The van der Waals surface area contributed by atoms with E-state index in [1.165, 1.54) is 6.33 Å². The predicted molar refractivity (Wildman–Crippen MR) is 83.3 cm³/mol. The van der Waals surface area contributed by atoms with Crippen LogP contribution in [0.2, 0.25) is 0 Å². The van der Waals surface area contributed by atoms with Crippen molar-refractivity contribution in [3.8, 4) is 0 Å². The van der Waals surface area contributed by atoms with E-state index in [2.05, 4.69) is 25.2 Å². The fourth-order valence-corrected chi connectivity index (χ4v) is 2.27. The van der Waals surface area contributed by atoms with E-state index < -0.39 is 5.91 Å². The Balaban J connectivity index is 1.58. The summed E-state index contributed by atoms with van der Waals surface area (Å²) in [4.78, 5) is 35.8. The molecule has 3 rings (SSSR count). The van der Waals surface area contributed by atoms with E-state index in [0.29, 0.717) is 19.8 Å². The standard InChI is InChI=1S/C15H17N5O3/c21-14-7-12(18-10-19-14)15(22)17-9-11-1-2-13(16-8-11)20-3-5-23-6-4-20/h1-2,7-8,10H,3-6,9H2,(H,17,22)(H,18,19,21). The fraction of sp³-hybridized carbons (Fsp3) is 0.333. The number of carbonyl (C=O) groups excluding carboxylic acids is 1. The molecular formula is C15H17N5O3. The quantitative estimate of drug-likeness (QED) is 0.819. The summed E-state index contributed by atoms with van der Waals surface area (Å²) in [5.74, 6) is 0.507. The second-order valence-electron chi connectivity index (χ2n) is 5.10. The van der Waals surface area contributed by atoms with Crippen molar-refractivity contribution >= 4 is 11.7 Å². The predicted octanol–water partition coefficient (Wildman–Crippen LogP) is -0.0685. The summed E-state index contributed by atoms with van der Waals surface area (Å²) in [5, 5.41) is 2.71. The van der Waals surface area contributed by atoms with Gasteiger partial charge in [0.05, 0.1) is 19.5 Å². The lowest BCUT2D eigenvalue weighted by Crippen LogP contribution is -2.36. The minimum absolute atomic E-state index is 0.0895. The van der Waals surface area contributed by atoms with E-state index in [0.717, 1.165) is 30.5 Å². The number of H-pyrrole nitrogens is 1. The lowest BCUT2D eigenvalue weighted by Gasteiger charge is -2.27. The normalized spacial score (nSPS) is 14.5. The number of aromatic amines is 1. The molecule has 0 radical (unpaired) electrons. The van der Waals surface area contributed by atoms with Gasteiger partial charge in [0.25, 0.3) is 11.5 Å². The summed E-state index contributed by atoms with van der Waals surface area (Å²) in [6, 6.07) is 5.01. The van der Waals surface area contributed by atoms with E-state index >= 15 is 0 Å². The number of ether oxygens (including phenoxy) is 1. The van der Waals surface area contributed by atoms with Crippen LogP contribution in [0.4, 0.5) is 5.82 Å². The minimum atomic E-state index is -0.395. The molecule has 0 aromatic carbocycles. The number of anilines is 1. The molecule has 1 aliphatic rings. The van der Waals surface area contributed by atoms with Gasteiger partial charge in [0.1, 0.15) is 11.5 Å². The Morgan fingerprint density at radius 3 is 2.83 bits per heavy atom. The van der Waals surface area contributed by atoms with E-state index in [1.54, 1.807) is 6.20 Å². The zero-order chi connectivity index (χ0) is 16.1. The highest BCUT2D eigenvalue weighted by Gasteiger charge is 2.12. The van der Waals surface area contributed by atoms with Gasteiger partial charge in [0, 0.05) is 31.9 Å². The summed E-state index contributed by atoms with van der Waals surface area (Å²) in [6.45, 7) is 3.41. The Hall–Kier alpha value is -2.74. The molecule has 8 heteroatoms. The summed E-state index contributed by atoms with van der Waals surface area (Å²) in [7, 11) is 0. The molecule has 23 heavy (non-hydrogen) atoms. The number of morpholine rings is 1. The molecule has 2 aromatic rings. The van der Waals surface area contributed by atoms with Gasteiger partial charge in [0.15, 0.2) is 0 Å². The summed E-state index contributed by atoms with van der Waals surface area (Å²) in [5.41, 5.74) is 0.605. The fourth-order valence-electron chi connectivity index (χ4n) is 2.27. The third-order valence-corrected chi connectivity index (χ3v) is 3.51. The van der Waals surface area contributed by atoms with Gasteiger partial charge in [-0.1, -0.05) is 6.07 Å². The van der Waals surface area contributed by atoms with Crippen molar-refractivity contribution in [1.82, 2.24) is 20.3 Å². The summed E-state index contributed by atoms with van der Waals surface area (Å²) >= 11 is 0. The Morgan fingerprint density at radius 1 is 1.30 bits per heavy atom. The number of carbonyl (C=O) groups is 1. The van der Waals surface area contributed by atoms with Crippen LogP contribution in [0.3, 0.4) is 0 Å². The molecule has 1 fully saturated rings. The molecule has 8 nitrogen and oxygen atoms in total. The Bertz CT molecular complexity index is 722. The van der Waals surface area contributed by atoms with Crippen LogP contribution in [-0.2, 0) is 11.3 Å². The third-order valence-electron chi connectivity index (χ3n) is 3.51. The van der Waals surface area contributed by atoms with Gasteiger partial charge in [-0.2, -0.15) is 0 Å². The minimum Gasteiger partial charge on any atom is -0.378 e. The van der Waals surface area contributed by atoms with Gasteiger partial charge >= 0.3 is 0 Å². The molecule has 0 aliphatic carbocycles. The maximum atomic E-state index is 11.9. The van der Waals surface area contributed by atoms with Crippen LogP contribution in [-0.4, -0.2) is 47.2 Å². The number of hydrogen-bond acceptors (Lipinski definition) is 6. The number of aromatic nitrogens is 3. The van der Waals surface area contributed by atoms with E-state index in [-0.39, 0.29) is 11.3 Å². The van der Waals surface area contributed by atoms with Crippen LogP contribution in [0, 0.1) is 0 Å². The number of nitrogens with one attached hydrogen (secondary N) is 2. The molecule has 1 aliphatic heterocycles. The molecule has 0 atom stereocenters. The number of amides is 1. The average molecular weight is 315 g/mol. The van der Waals surface area contributed by atoms with Crippen LogP contribution in [0.15, 0.2) is 35.5 Å². The van der Waals surface area contributed by atoms with Crippen LogP contribution in [0.25, 0.3) is 0 Å². The van der Waals surface area contributed by atoms with Gasteiger partial charge < -0.3 is 19.9 Å². The van der Waals surface area contributed by atoms with E-state index in [9.17, 15) is 9.59 Å². The highest BCUT2D eigenvalue weighted by Crippen LogP contribution is 2.12. The van der Waals surface area contributed by atoms with Crippen molar-refractivity contribution in [2.75, 3.05) is 31.2 Å². The molecule has 0 bridgehead atoms. The first-order chi connectivity index (χ1) is 11.2. The van der Waals surface area contributed by atoms with Gasteiger partial charge in [-0.15, -0.1) is 0 Å². The molecule has 1 saturated heterocycles. The monoisotopic (exact) mass is 315 g/mol. The highest BCUT2D eigenvalue weighted by atomic mass is 16.5. The van der Waals surface area contributed by atoms with E-state index in [1.807, 2.05) is 12.1 Å². The Kier molecular flexibility index (Phi) is 4.62. The van der Waals surface area contributed by atoms with Crippen molar-refractivity contribution in [1.29, 1.82) is 0 Å². The van der Waals surface area contributed by atoms with Crippen LogP contribution in [0.5, 0.6) is 0 Å². The second kappa shape index (κ2) is 7.01. The topological polar surface area (TPSA) is 100 Å². The average Bonchev–Trinajstić information content (AvgIpc) is 2.61. The number of hydrogen-bond donors (Lipinski definition) is 2. The second-order valence-corrected chi connectivity index (χ2v) is 5.10. The van der Waals surface area contributed by atoms with Crippen LogP contribution < -0.4 is 15.8 Å². The van der Waals surface area contributed by atoms with E-state index in [4.69, 9.17) is 4.74 Å². The number of rotatable bonds is 4. The van der Waals surface area contributed by atoms with Gasteiger partial charge in [-0.3, -0.25) is 9.59 Å². The van der Waals surface area contributed by atoms with Crippen LogP contribution >= 0.6 is 0 Å². The highest BCUT2D eigenvalue weighted by molar-refractivity contribution is 5.91. The molecule has 2 aromatic heterocycles. The Morgan fingerprint density at radius 2 is 2.13 bits per heavy atom. The number of pyridine rings is 1. The smallest absolute Gasteiger partial charge is 0.270 e. The van der Waals surface area contributed by atoms with Crippen molar-refractivity contribution in [2.45, 2.75) is 6.54 Å². The first-order valence-electron chi connectivity index (χ1n) is 7.33. The molecular weight excluding hydrogens is 298 g/mol. The van der Waals surface area contributed by atoms with Crippen molar-refractivity contribution < 1.29 is 9.53 Å². The first-order valence-corrected chi connectivity index (χ1v) is 7.33. The summed E-state index contributed by atoms with van der Waals surface area (Å²) in [6.07, 6.45) is 2.94. The molecule has 0 spiro atoms. The van der Waals surface area contributed by atoms with Gasteiger partial charge in [0.2, 0.25) is 0 Å². The SMILES string of the molecule is O=C(NCc1ccc(N2CCOCC2)nc1)c1cc(=O)[nH]cn1. The lowest BCUT2D eigenvalue weighted by molar-refractivity contribution is 0.0945. The summed E-state index contributed by atoms with van der Waals surface area (Å²) < 4.78 is 5.31. The Labute approximate surface area is 132 Å². The maximum absolute atomic E-state index is 11.9.